The van der Waals surface area contributed by atoms with Gasteiger partial charge in [0.05, 0.1) is 17.8 Å². The molecule has 0 aliphatic carbocycles. The minimum Gasteiger partial charge on any atom is -0.325 e. The standard InChI is InChI=1S/C21H21FN6OS/c22-15-8-6-14(7-9-15)17-12-18-20-24-25-21(27(20)10-11-28(18)26-17)30-13-19(29)23-16-4-2-1-3-5-16/h1-11,17-18,20,24,26H,12-13H2,(H,23,29). The Morgan fingerprint density at radius 2 is 1.97 bits per heavy atom. The normalized spacial score (nSPS) is 24.2. The van der Waals surface area contributed by atoms with E-state index in [0.29, 0.717) is 0 Å². The number of nitrogens with zero attached hydrogens (tertiary/aromatic N) is 3. The molecule has 0 spiro atoms. The van der Waals surface area contributed by atoms with Crippen molar-refractivity contribution in [3.63, 3.8) is 0 Å². The second-order valence-electron chi connectivity index (χ2n) is 7.32. The number of para-hydroxylation sites is 1. The number of carbonyl (C=O) groups is 1. The molecule has 1 fully saturated rings. The van der Waals surface area contributed by atoms with Gasteiger partial charge in [0.2, 0.25) is 5.91 Å². The first-order chi connectivity index (χ1) is 14.7. The fourth-order valence-corrected chi connectivity index (χ4v) is 4.68. The number of hydrazine groups is 1. The summed E-state index contributed by atoms with van der Waals surface area (Å²) >= 11 is 1.40. The fourth-order valence-electron chi connectivity index (χ4n) is 3.91. The van der Waals surface area contributed by atoms with E-state index in [2.05, 4.69) is 31.2 Å². The van der Waals surface area contributed by atoms with Crippen LogP contribution in [-0.2, 0) is 4.79 Å². The second-order valence-corrected chi connectivity index (χ2v) is 8.26. The number of hydrogen-bond donors (Lipinski definition) is 3. The number of carbonyl (C=O) groups excluding carboxylic acids is 1. The van der Waals surface area contributed by atoms with Crippen LogP contribution in [0.1, 0.15) is 18.0 Å². The molecule has 9 heteroatoms. The van der Waals surface area contributed by atoms with Gasteiger partial charge in [-0.3, -0.25) is 10.2 Å². The van der Waals surface area contributed by atoms with Crippen LogP contribution in [0.15, 0.2) is 72.1 Å². The molecule has 3 unspecified atom stereocenters. The van der Waals surface area contributed by atoms with Crippen molar-refractivity contribution in [2.75, 3.05) is 11.1 Å². The quantitative estimate of drug-likeness (QED) is 0.701. The highest BCUT2D eigenvalue weighted by Crippen LogP contribution is 2.35. The molecule has 154 valence electrons. The summed E-state index contributed by atoms with van der Waals surface area (Å²) in [4.78, 5) is 14.3. The number of rotatable bonds is 4. The van der Waals surface area contributed by atoms with E-state index in [0.717, 1.165) is 22.8 Å². The van der Waals surface area contributed by atoms with Crippen molar-refractivity contribution >= 4 is 28.5 Å². The van der Waals surface area contributed by atoms with Crippen LogP contribution in [0.2, 0.25) is 0 Å². The summed E-state index contributed by atoms with van der Waals surface area (Å²) in [5.74, 6) is -0.0275. The van der Waals surface area contributed by atoms with Gasteiger partial charge in [0.25, 0.3) is 0 Å². The number of hydrazone groups is 1. The van der Waals surface area contributed by atoms with E-state index in [1.165, 1.54) is 23.9 Å². The second kappa shape index (κ2) is 8.00. The molecule has 0 saturated carbocycles. The van der Waals surface area contributed by atoms with Gasteiger partial charge in [-0.25, -0.2) is 9.82 Å². The highest BCUT2D eigenvalue weighted by molar-refractivity contribution is 8.14. The van der Waals surface area contributed by atoms with Crippen molar-refractivity contribution in [1.29, 1.82) is 0 Å². The lowest BCUT2D eigenvalue weighted by Gasteiger charge is -2.36. The molecule has 1 saturated heterocycles. The zero-order valence-corrected chi connectivity index (χ0v) is 16.8. The fraction of sp³-hybridized carbons (Fsp3) is 0.238. The minimum atomic E-state index is -0.232. The first kappa shape index (κ1) is 19.0. The number of amides is 1. The summed E-state index contributed by atoms with van der Waals surface area (Å²) in [6, 6.07) is 16.3. The van der Waals surface area contributed by atoms with E-state index in [9.17, 15) is 9.18 Å². The molecule has 3 N–H and O–H groups in total. The Kier molecular flexibility index (Phi) is 5.06. The van der Waals surface area contributed by atoms with Gasteiger partial charge in [0.15, 0.2) is 5.17 Å². The molecule has 5 rings (SSSR count). The molecule has 1 amide bonds. The van der Waals surface area contributed by atoms with E-state index >= 15 is 0 Å². The lowest BCUT2D eigenvalue weighted by atomic mass is 10.00. The number of amidine groups is 1. The number of halogens is 1. The largest absolute Gasteiger partial charge is 0.325 e. The lowest BCUT2D eigenvalue weighted by Crippen LogP contribution is -2.54. The van der Waals surface area contributed by atoms with Crippen molar-refractivity contribution in [2.45, 2.75) is 24.7 Å². The highest BCUT2D eigenvalue weighted by atomic mass is 32.2. The molecule has 7 nitrogen and oxygen atoms in total. The Balaban J connectivity index is 1.19. The zero-order chi connectivity index (χ0) is 20.5. The van der Waals surface area contributed by atoms with Gasteiger partial charge in [0.1, 0.15) is 12.0 Å². The number of nitrogens with one attached hydrogen (secondary N) is 3. The highest BCUT2D eigenvalue weighted by Gasteiger charge is 2.44. The van der Waals surface area contributed by atoms with Crippen molar-refractivity contribution in [2.24, 2.45) is 5.10 Å². The van der Waals surface area contributed by atoms with Crippen LogP contribution in [0.25, 0.3) is 0 Å². The molecule has 3 aliphatic heterocycles. The molecule has 30 heavy (non-hydrogen) atoms. The number of fused-ring (bicyclic) bond motifs is 3. The smallest absolute Gasteiger partial charge is 0.234 e. The SMILES string of the molecule is O=C(CSC1=NNC2C3CC(c4ccc(F)cc4)NN3C=CN12)Nc1ccccc1. The topological polar surface area (TPSA) is 72.0 Å². The third kappa shape index (κ3) is 3.73. The summed E-state index contributed by atoms with van der Waals surface area (Å²) < 4.78 is 13.2. The maximum atomic E-state index is 13.2. The molecule has 0 radical (unpaired) electrons. The van der Waals surface area contributed by atoms with Crippen LogP contribution in [0.3, 0.4) is 0 Å². The van der Waals surface area contributed by atoms with Crippen LogP contribution in [0.5, 0.6) is 0 Å². The van der Waals surface area contributed by atoms with Crippen molar-refractivity contribution in [3.8, 4) is 0 Å². The Morgan fingerprint density at radius 1 is 1.17 bits per heavy atom. The predicted molar refractivity (Wildman–Crippen MR) is 115 cm³/mol. The first-order valence-electron chi connectivity index (χ1n) is 9.75. The minimum absolute atomic E-state index is 0.0207. The predicted octanol–water partition coefficient (Wildman–Crippen LogP) is 2.80. The van der Waals surface area contributed by atoms with E-state index < -0.39 is 0 Å². The summed E-state index contributed by atoms with van der Waals surface area (Å²) in [6.07, 6.45) is 4.78. The van der Waals surface area contributed by atoms with E-state index in [-0.39, 0.29) is 35.7 Å². The molecular formula is C21H21FN6OS. The molecule has 3 aliphatic rings. The van der Waals surface area contributed by atoms with Crippen LogP contribution >= 0.6 is 11.8 Å². The van der Waals surface area contributed by atoms with Gasteiger partial charge < -0.3 is 15.2 Å². The van der Waals surface area contributed by atoms with Gasteiger partial charge in [-0.1, -0.05) is 42.1 Å². The van der Waals surface area contributed by atoms with Crippen molar-refractivity contribution < 1.29 is 9.18 Å². The summed E-state index contributed by atoms with van der Waals surface area (Å²) in [5.41, 5.74) is 8.51. The average Bonchev–Trinajstić information content (AvgIpc) is 3.37. The summed E-state index contributed by atoms with van der Waals surface area (Å²) in [7, 11) is 0. The van der Waals surface area contributed by atoms with Crippen LogP contribution in [0.4, 0.5) is 10.1 Å². The third-order valence-corrected chi connectivity index (χ3v) is 6.33. The third-order valence-electron chi connectivity index (χ3n) is 5.37. The summed E-state index contributed by atoms with van der Waals surface area (Å²) in [6.45, 7) is 0. The number of benzene rings is 2. The van der Waals surface area contributed by atoms with Crippen LogP contribution < -0.4 is 16.2 Å². The Hall–Kier alpha value is -3.04. The molecular weight excluding hydrogens is 403 g/mol. The van der Waals surface area contributed by atoms with E-state index in [4.69, 9.17) is 0 Å². The number of thioether (sulfide) groups is 1. The van der Waals surface area contributed by atoms with E-state index in [1.807, 2.05) is 54.9 Å². The van der Waals surface area contributed by atoms with Crippen molar-refractivity contribution in [1.82, 2.24) is 20.8 Å². The summed E-state index contributed by atoms with van der Waals surface area (Å²) in [5, 5.41) is 10.2. The van der Waals surface area contributed by atoms with Gasteiger partial charge in [0, 0.05) is 18.1 Å². The molecule has 2 aromatic rings. The molecule has 0 aromatic heterocycles. The first-order valence-corrected chi connectivity index (χ1v) is 10.7. The maximum Gasteiger partial charge on any atom is 0.234 e. The Bertz CT molecular complexity index is 983. The average molecular weight is 425 g/mol. The number of hydrogen-bond acceptors (Lipinski definition) is 7. The number of anilines is 1. The molecule has 0 bridgehead atoms. The maximum absolute atomic E-state index is 13.2. The van der Waals surface area contributed by atoms with Gasteiger partial charge in [-0.05, 0) is 36.2 Å². The van der Waals surface area contributed by atoms with E-state index in [1.54, 1.807) is 0 Å². The van der Waals surface area contributed by atoms with Crippen molar-refractivity contribution in [3.05, 3.63) is 78.4 Å². The zero-order valence-electron chi connectivity index (χ0n) is 16.0. The molecule has 3 atom stereocenters. The Labute approximate surface area is 178 Å². The van der Waals surface area contributed by atoms with Gasteiger partial charge in [-0.2, -0.15) is 5.10 Å². The molecule has 3 heterocycles. The molecule has 2 aromatic carbocycles. The lowest BCUT2D eigenvalue weighted by molar-refractivity contribution is -0.113. The monoisotopic (exact) mass is 424 g/mol. The Morgan fingerprint density at radius 3 is 2.77 bits per heavy atom. The van der Waals surface area contributed by atoms with Crippen LogP contribution in [0, 0.1) is 5.82 Å². The van der Waals surface area contributed by atoms with Gasteiger partial charge in [-0.15, -0.1) is 0 Å². The van der Waals surface area contributed by atoms with Gasteiger partial charge >= 0.3 is 0 Å². The van der Waals surface area contributed by atoms with Crippen LogP contribution in [-0.4, -0.2) is 38.9 Å².